The van der Waals surface area contributed by atoms with E-state index in [1.165, 1.54) is 56.3 Å². The van der Waals surface area contributed by atoms with E-state index in [2.05, 4.69) is 103 Å². The predicted molar refractivity (Wildman–Crippen MR) is 177 cm³/mol. The fraction of sp³-hybridized carbons (Fsp3) is 0.500. The summed E-state index contributed by atoms with van der Waals surface area (Å²) in [5, 5.41) is 48.6. The maximum Gasteiger partial charge on any atom is 3.00 e. The van der Waals surface area contributed by atoms with E-state index in [0.717, 1.165) is 0 Å². The van der Waals surface area contributed by atoms with Crippen LogP contribution in [0.4, 0.5) is 0 Å². The number of nitriles is 6. The minimum Gasteiger partial charge on any atom is -0.324 e. The summed E-state index contributed by atoms with van der Waals surface area (Å²) in [6, 6.07) is 10.0. The average molecular weight is 671 g/mol. The number of rotatable bonds is 8. The largest absolute Gasteiger partial charge is 3.00 e. The summed E-state index contributed by atoms with van der Waals surface area (Å²) < 4.78 is 2.53. The molecule has 0 aliphatic rings. The van der Waals surface area contributed by atoms with E-state index >= 15 is 0 Å². The van der Waals surface area contributed by atoms with E-state index in [-0.39, 0.29) is 34.1 Å². The Morgan fingerprint density at radius 3 is 0.658 bits per heavy atom. The zero-order chi connectivity index (χ0) is 29.9. The fourth-order valence-corrected chi connectivity index (χ4v) is 3.65. The first kappa shape index (κ1) is 46.6. The van der Waals surface area contributed by atoms with Gasteiger partial charge in [0.15, 0.2) is 0 Å². The van der Waals surface area contributed by atoms with Crippen LogP contribution in [-0.2, 0) is 93.1 Å². The molecule has 0 bridgehead atoms. The second-order valence-electron chi connectivity index (χ2n) is 7.16. The molecule has 0 aromatic heterocycles. The van der Waals surface area contributed by atoms with Gasteiger partial charge in [-0.1, -0.05) is 27.7 Å². The Balaban J connectivity index is -0.000000130. The molecule has 0 aromatic rings. The number of hydrogen-bond donors (Lipinski definition) is 0. The van der Waals surface area contributed by atoms with E-state index in [0.29, 0.717) is 12.7 Å². The van der Waals surface area contributed by atoms with Crippen molar-refractivity contribution in [2.75, 3.05) is 26.2 Å². The zero-order valence-corrected chi connectivity index (χ0v) is 29.5. The molecule has 203 valence electrons. The fourth-order valence-electron chi connectivity index (χ4n) is 2.98. The summed E-state index contributed by atoms with van der Waals surface area (Å²) >= 11 is 17.7. The SMILES string of the molecule is CCC[N+](CCC)(CCC)CCC.N#CC(C#N)=C([SH2+])[SH2+].N#CC(C#N)=C([SH2+])[SH2+].N#CC(C#N)=C([SH2+])[SH2+].[Cr+3]. The van der Waals surface area contributed by atoms with Crippen molar-refractivity contribution in [2.45, 2.75) is 53.4 Å². The van der Waals surface area contributed by atoms with E-state index in [1.807, 2.05) is 0 Å². The van der Waals surface area contributed by atoms with Crippen LogP contribution in [0.25, 0.3) is 0 Å². The van der Waals surface area contributed by atoms with Crippen molar-refractivity contribution in [1.29, 1.82) is 31.6 Å². The molecule has 0 atom stereocenters. The molecule has 0 aliphatic heterocycles. The molecule has 38 heavy (non-hydrogen) atoms. The minimum atomic E-state index is 0. The van der Waals surface area contributed by atoms with Gasteiger partial charge in [0.05, 0.1) is 26.2 Å². The number of nitrogens with zero attached hydrogens (tertiary/aromatic N) is 7. The molecule has 0 saturated heterocycles. The van der Waals surface area contributed by atoms with Crippen molar-refractivity contribution in [2.24, 2.45) is 0 Å². The number of allylic oxidation sites excluding steroid dienone is 3. The Bertz CT molecular complexity index is 831. The van der Waals surface area contributed by atoms with Crippen molar-refractivity contribution >= 4 is 75.8 Å². The zero-order valence-electron chi connectivity index (χ0n) is 22.2. The first-order chi connectivity index (χ1) is 17.4. The molecular formula is C24H40CrN7S6+10. The monoisotopic (exact) mass is 670 g/mol. The Kier molecular flexibility index (Phi) is 39.2. The normalized spacial score (nSPS) is 8.21. The van der Waals surface area contributed by atoms with Gasteiger partial charge in [-0.05, 0) is 25.7 Å². The van der Waals surface area contributed by atoms with Crippen LogP contribution in [0.2, 0.25) is 0 Å². The number of quaternary nitrogens is 1. The Morgan fingerprint density at radius 2 is 0.605 bits per heavy atom. The molecule has 14 heteroatoms. The van der Waals surface area contributed by atoms with Crippen molar-refractivity contribution < 1.29 is 21.8 Å². The van der Waals surface area contributed by atoms with Crippen molar-refractivity contribution in [3.05, 3.63) is 29.4 Å². The topological polar surface area (TPSA) is 143 Å². The van der Waals surface area contributed by atoms with Crippen LogP contribution in [0.1, 0.15) is 53.4 Å². The van der Waals surface area contributed by atoms with Crippen LogP contribution in [0.5, 0.6) is 0 Å². The molecule has 0 amide bonds. The van der Waals surface area contributed by atoms with Gasteiger partial charge in [0, 0.05) is 75.8 Å². The molecule has 0 aromatic carbocycles. The van der Waals surface area contributed by atoms with Crippen LogP contribution in [0.3, 0.4) is 0 Å². The van der Waals surface area contributed by atoms with Crippen LogP contribution in [-0.4, -0.2) is 30.7 Å². The van der Waals surface area contributed by atoms with Crippen molar-refractivity contribution in [3.8, 4) is 36.4 Å². The van der Waals surface area contributed by atoms with Crippen molar-refractivity contribution in [1.82, 2.24) is 0 Å². The van der Waals surface area contributed by atoms with Crippen LogP contribution in [0.15, 0.2) is 29.4 Å². The Hall–Kier alpha value is -1.25. The average Bonchev–Trinajstić information content (AvgIpc) is 2.83. The minimum absolute atomic E-state index is 0. The molecule has 0 aliphatic carbocycles. The van der Waals surface area contributed by atoms with Gasteiger partial charge in [-0.15, -0.1) is 0 Å². The third kappa shape index (κ3) is 26.4. The molecule has 0 fully saturated rings. The maximum atomic E-state index is 8.10. The van der Waals surface area contributed by atoms with E-state index in [4.69, 9.17) is 31.6 Å². The summed E-state index contributed by atoms with van der Waals surface area (Å²) in [7, 11) is 0. The molecule has 0 unspecified atom stereocenters. The summed E-state index contributed by atoms with van der Waals surface area (Å²) in [4.78, 5) is 0. The molecule has 0 heterocycles. The second kappa shape index (κ2) is 32.0. The van der Waals surface area contributed by atoms with Gasteiger partial charge in [-0.3, -0.25) is 0 Å². The predicted octanol–water partition coefficient (Wildman–Crippen LogP) is 1.25. The first-order valence-electron chi connectivity index (χ1n) is 11.2. The Labute approximate surface area is 272 Å². The van der Waals surface area contributed by atoms with Gasteiger partial charge in [-0.25, -0.2) is 0 Å². The molecule has 0 N–H and O–H groups in total. The molecule has 7 nitrogen and oxygen atoms in total. The van der Waals surface area contributed by atoms with Gasteiger partial charge < -0.3 is 4.48 Å². The molecular weight excluding hydrogens is 631 g/mol. The first-order valence-corrected chi connectivity index (χ1v) is 14.2. The Morgan fingerprint density at radius 1 is 0.447 bits per heavy atom. The summed E-state index contributed by atoms with van der Waals surface area (Å²) in [5.41, 5.74) is 0.120. The smallest absolute Gasteiger partial charge is 0.324 e. The van der Waals surface area contributed by atoms with E-state index in [1.54, 1.807) is 36.4 Å². The quantitative estimate of drug-likeness (QED) is 0.216. The molecule has 1 radical (unpaired) electrons. The number of hydrogen-bond acceptors (Lipinski definition) is 6. The third-order valence-electron chi connectivity index (χ3n) is 4.21. The van der Waals surface area contributed by atoms with Gasteiger partial charge in [-0.2, -0.15) is 31.6 Å². The summed E-state index contributed by atoms with van der Waals surface area (Å²) in [6.07, 6.45) is 5.33. The summed E-state index contributed by atoms with van der Waals surface area (Å²) in [5.74, 6) is 0. The van der Waals surface area contributed by atoms with Gasteiger partial charge >= 0.3 is 30.1 Å². The van der Waals surface area contributed by atoms with Crippen LogP contribution < -0.4 is 0 Å². The standard InChI is InChI=1S/C12H28N.3C4H2N2S2.Cr/c1-5-9-13(10-6-2,11-7-3)12-8-4;3*5-1-3(2-6)4(7)8;/h5-12H2,1-4H3;3*7-8H;/q+1;;;;+3/p+6. The molecule has 0 saturated carbocycles. The van der Waals surface area contributed by atoms with Gasteiger partial charge in [0.25, 0.3) is 0 Å². The van der Waals surface area contributed by atoms with Crippen molar-refractivity contribution in [3.63, 3.8) is 0 Å². The second-order valence-corrected chi connectivity index (χ2v) is 11.7. The third-order valence-corrected chi connectivity index (χ3v) is 5.71. The summed E-state index contributed by atoms with van der Waals surface area (Å²) in [6.45, 7) is 14.8. The molecule has 0 spiro atoms. The maximum absolute atomic E-state index is 8.10. The van der Waals surface area contributed by atoms with E-state index in [9.17, 15) is 0 Å². The molecule has 0 rings (SSSR count). The van der Waals surface area contributed by atoms with Crippen LogP contribution >= 0.6 is 0 Å². The van der Waals surface area contributed by atoms with Gasteiger partial charge in [0.1, 0.15) is 36.4 Å². The van der Waals surface area contributed by atoms with E-state index < -0.39 is 0 Å². The van der Waals surface area contributed by atoms with Crippen LogP contribution in [0, 0.1) is 68.0 Å². The van der Waals surface area contributed by atoms with Gasteiger partial charge in [0.2, 0.25) is 16.7 Å².